The van der Waals surface area contributed by atoms with Gasteiger partial charge in [-0.15, -0.1) is 0 Å². The van der Waals surface area contributed by atoms with Crippen LogP contribution in [0.1, 0.15) is 32.6 Å². The predicted molar refractivity (Wildman–Crippen MR) is 82.2 cm³/mol. The highest BCUT2D eigenvalue weighted by molar-refractivity contribution is 5.90. The Bertz CT molecular complexity index is 431. The molecule has 2 rings (SSSR count). The number of anilines is 2. The minimum absolute atomic E-state index is 0.0812. The number of nitrogens with one attached hydrogen (secondary N) is 1. The minimum Gasteiger partial charge on any atom is -0.380 e. The molecule has 1 fully saturated rings. The highest BCUT2D eigenvalue weighted by Gasteiger charge is 2.19. The Kier molecular flexibility index (Phi) is 5.41. The van der Waals surface area contributed by atoms with Gasteiger partial charge in [0, 0.05) is 38.0 Å². The van der Waals surface area contributed by atoms with Crippen LogP contribution < -0.4 is 10.2 Å². The van der Waals surface area contributed by atoms with E-state index in [1.807, 2.05) is 19.1 Å². The number of hydrogen-bond acceptors (Lipinski definition) is 3. The van der Waals surface area contributed by atoms with E-state index in [-0.39, 0.29) is 5.91 Å². The summed E-state index contributed by atoms with van der Waals surface area (Å²) in [4.78, 5) is 13.9. The molecule has 0 saturated carbocycles. The van der Waals surface area contributed by atoms with Crippen LogP contribution in [0.5, 0.6) is 0 Å². The maximum Gasteiger partial charge on any atom is 0.224 e. The first kappa shape index (κ1) is 14.9. The van der Waals surface area contributed by atoms with Crippen LogP contribution in [-0.4, -0.2) is 32.2 Å². The molecule has 0 bridgehead atoms. The lowest BCUT2D eigenvalue weighted by Crippen LogP contribution is -2.39. The van der Waals surface area contributed by atoms with E-state index in [0.29, 0.717) is 12.5 Å². The predicted octanol–water partition coefficient (Wildman–Crippen LogP) is 3.04. The van der Waals surface area contributed by atoms with Crippen molar-refractivity contribution in [2.45, 2.75) is 38.7 Å². The minimum atomic E-state index is 0.0812. The van der Waals surface area contributed by atoms with Crippen molar-refractivity contribution >= 4 is 17.3 Å². The number of rotatable bonds is 5. The lowest BCUT2D eigenvalue weighted by Gasteiger charge is -2.33. The third kappa shape index (κ3) is 3.97. The molecule has 110 valence electrons. The first-order chi connectivity index (χ1) is 9.72. The van der Waals surface area contributed by atoms with Gasteiger partial charge in [-0.1, -0.05) is 6.92 Å². The average Bonchev–Trinajstić information content (AvgIpc) is 2.48. The van der Waals surface area contributed by atoms with Gasteiger partial charge in [0.1, 0.15) is 0 Å². The number of carbonyl (C=O) groups excluding carboxylic acids is 1. The quantitative estimate of drug-likeness (QED) is 0.898. The molecule has 0 radical (unpaired) electrons. The van der Waals surface area contributed by atoms with Crippen LogP contribution in [0.2, 0.25) is 0 Å². The molecule has 1 amide bonds. The Morgan fingerprint density at radius 1 is 1.40 bits per heavy atom. The van der Waals surface area contributed by atoms with Gasteiger partial charge in [-0.05, 0) is 43.5 Å². The first-order valence-corrected chi connectivity index (χ1v) is 7.40. The molecule has 1 unspecified atom stereocenters. The Hall–Kier alpha value is -1.55. The fourth-order valence-corrected chi connectivity index (χ4v) is 2.57. The maximum atomic E-state index is 11.5. The molecule has 1 aliphatic heterocycles. The van der Waals surface area contributed by atoms with Crippen LogP contribution in [0.4, 0.5) is 11.4 Å². The molecule has 1 heterocycles. The van der Waals surface area contributed by atoms with E-state index in [0.717, 1.165) is 38.0 Å². The van der Waals surface area contributed by atoms with Gasteiger partial charge in [0.2, 0.25) is 5.91 Å². The number of ether oxygens (including phenoxy) is 1. The van der Waals surface area contributed by atoms with Gasteiger partial charge in [0.25, 0.3) is 0 Å². The summed E-state index contributed by atoms with van der Waals surface area (Å²) in [5, 5.41) is 2.91. The lowest BCUT2D eigenvalue weighted by atomic mass is 10.1. The number of methoxy groups -OCH3 is 1. The van der Waals surface area contributed by atoms with Gasteiger partial charge in [0.15, 0.2) is 0 Å². The third-order valence-electron chi connectivity index (χ3n) is 3.70. The molecule has 1 aromatic rings. The molecule has 0 aliphatic carbocycles. The molecule has 1 aromatic carbocycles. The molecule has 0 spiro atoms. The number of amides is 1. The highest BCUT2D eigenvalue weighted by Crippen LogP contribution is 2.23. The average molecular weight is 276 g/mol. The van der Waals surface area contributed by atoms with Gasteiger partial charge < -0.3 is 15.0 Å². The van der Waals surface area contributed by atoms with Crippen molar-refractivity contribution < 1.29 is 9.53 Å². The maximum absolute atomic E-state index is 11.5. The molecular weight excluding hydrogens is 252 g/mol. The Balaban J connectivity index is 1.95. The number of piperidine rings is 1. The topological polar surface area (TPSA) is 41.6 Å². The van der Waals surface area contributed by atoms with Crippen molar-refractivity contribution in [2.75, 3.05) is 30.4 Å². The summed E-state index contributed by atoms with van der Waals surface area (Å²) in [5.74, 6) is 0.0812. The highest BCUT2D eigenvalue weighted by atomic mass is 16.5. The third-order valence-corrected chi connectivity index (χ3v) is 3.70. The van der Waals surface area contributed by atoms with Crippen LogP contribution >= 0.6 is 0 Å². The van der Waals surface area contributed by atoms with Crippen molar-refractivity contribution in [3.8, 4) is 0 Å². The summed E-state index contributed by atoms with van der Waals surface area (Å²) in [6.45, 7) is 4.02. The zero-order valence-corrected chi connectivity index (χ0v) is 12.4. The number of benzene rings is 1. The largest absolute Gasteiger partial charge is 0.380 e. The van der Waals surface area contributed by atoms with Crippen LogP contribution in [0, 0.1) is 0 Å². The second kappa shape index (κ2) is 7.29. The van der Waals surface area contributed by atoms with E-state index in [9.17, 15) is 4.79 Å². The monoisotopic (exact) mass is 276 g/mol. The number of carbonyl (C=O) groups is 1. The van der Waals surface area contributed by atoms with E-state index < -0.39 is 0 Å². The van der Waals surface area contributed by atoms with E-state index in [1.54, 1.807) is 7.11 Å². The van der Waals surface area contributed by atoms with Crippen molar-refractivity contribution in [3.63, 3.8) is 0 Å². The molecule has 4 heteroatoms. The van der Waals surface area contributed by atoms with Gasteiger partial charge in [-0.2, -0.15) is 0 Å². The molecule has 4 nitrogen and oxygen atoms in total. The van der Waals surface area contributed by atoms with Crippen molar-refractivity contribution in [1.82, 2.24) is 0 Å². The summed E-state index contributed by atoms with van der Waals surface area (Å²) in [6.07, 6.45) is 4.07. The zero-order chi connectivity index (χ0) is 14.4. The Morgan fingerprint density at radius 2 is 2.15 bits per heavy atom. The van der Waals surface area contributed by atoms with Gasteiger partial charge in [-0.3, -0.25) is 4.79 Å². The van der Waals surface area contributed by atoms with Gasteiger partial charge in [0.05, 0.1) is 6.10 Å². The number of hydrogen-bond donors (Lipinski definition) is 1. The molecule has 1 N–H and O–H groups in total. The molecule has 1 aliphatic rings. The van der Waals surface area contributed by atoms with Crippen LogP contribution in [0.3, 0.4) is 0 Å². The molecule has 1 atom stereocenters. The fraction of sp³-hybridized carbons (Fsp3) is 0.562. The van der Waals surface area contributed by atoms with E-state index in [2.05, 4.69) is 22.3 Å². The van der Waals surface area contributed by atoms with Crippen LogP contribution in [0.25, 0.3) is 0 Å². The normalized spacial score (nSPS) is 18.9. The fourth-order valence-electron chi connectivity index (χ4n) is 2.57. The molecule has 0 aromatic heterocycles. The van der Waals surface area contributed by atoms with Gasteiger partial charge in [-0.25, -0.2) is 0 Å². The Morgan fingerprint density at radius 3 is 2.80 bits per heavy atom. The second-order valence-electron chi connectivity index (χ2n) is 5.29. The van der Waals surface area contributed by atoms with Crippen LogP contribution in [-0.2, 0) is 9.53 Å². The molecular formula is C16H24N2O2. The van der Waals surface area contributed by atoms with E-state index in [1.165, 1.54) is 5.69 Å². The first-order valence-electron chi connectivity index (χ1n) is 7.40. The lowest BCUT2D eigenvalue weighted by molar-refractivity contribution is -0.116. The van der Waals surface area contributed by atoms with Crippen molar-refractivity contribution in [2.24, 2.45) is 0 Å². The number of nitrogens with zero attached hydrogens (tertiary/aromatic N) is 1. The molecule has 1 saturated heterocycles. The standard InChI is InChI=1S/C16H24N2O2/c1-3-5-16(19)17-13-7-9-14(10-8-13)18-11-4-6-15(12-18)20-2/h7-10,15H,3-6,11-12H2,1-2H3,(H,17,19). The molecule has 20 heavy (non-hydrogen) atoms. The summed E-state index contributed by atoms with van der Waals surface area (Å²) < 4.78 is 5.45. The zero-order valence-electron chi connectivity index (χ0n) is 12.4. The Labute approximate surface area is 121 Å². The van der Waals surface area contributed by atoms with Gasteiger partial charge >= 0.3 is 0 Å². The summed E-state index contributed by atoms with van der Waals surface area (Å²) >= 11 is 0. The summed E-state index contributed by atoms with van der Waals surface area (Å²) in [6, 6.07) is 8.08. The van der Waals surface area contributed by atoms with E-state index in [4.69, 9.17) is 4.74 Å². The summed E-state index contributed by atoms with van der Waals surface area (Å²) in [5.41, 5.74) is 2.06. The SMILES string of the molecule is CCCC(=O)Nc1ccc(N2CCCC(OC)C2)cc1. The van der Waals surface area contributed by atoms with E-state index >= 15 is 0 Å². The van der Waals surface area contributed by atoms with Crippen LogP contribution in [0.15, 0.2) is 24.3 Å². The second-order valence-corrected chi connectivity index (χ2v) is 5.29. The van der Waals surface area contributed by atoms with Crippen molar-refractivity contribution in [3.05, 3.63) is 24.3 Å². The smallest absolute Gasteiger partial charge is 0.224 e. The van der Waals surface area contributed by atoms with Crippen molar-refractivity contribution in [1.29, 1.82) is 0 Å². The summed E-state index contributed by atoms with van der Waals surface area (Å²) in [7, 11) is 1.78.